The minimum atomic E-state index is -0.333. The summed E-state index contributed by atoms with van der Waals surface area (Å²) in [7, 11) is 1.64. The van der Waals surface area contributed by atoms with Crippen molar-refractivity contribution in [3.63, 3.8) is 0 Å². The number of hydrogen-bond donors (Lipinski definition) is 0. The van der Waals surface area contributed by atoms with Gasteiger partial charge in [-0.3, -0.25) is 0 Å². The zero-order valence-electron chi connectivity index (χ0n) is 13.1. The van der Waals surface area contributed by atoms with E-state index in [4.69, 9.17) is 14.5 Å². The van der Waals surface area contributed by atoms with E-state index < -0.39 is 0 Å². The SMILES string of the molecule is COc1ccc2nc(OC(C)(C)C)c(-c3cccs3)nc2c1. The summed E-state index contributed by atoms with van der Waals surface area (Å²) < 4.78 is 11.3. The van der Waals surface area contributed by atoms with Crippen LogP contribution >= 0.6 is 11.3 Å². The maximum atomic E-state index is 6.02. The average Bonchev–Trinajstić information content (AvgIpc) is 2.98. The molecule has 0 radical (unpaired) electrons. The molecule has 0 saturated heterocycles. The highest BCUT2D eigenvalue weighted by Gasteiger charge is 2.19. The molecule has 0 bridgehead atoms. The Morgan fingerprint density at radius 1 is 1.05 bits per heavy atom. The molecule has 0 unspecified atom stereocenters. The average molecular weight is 314 g/mol. The van der Waals surface area contributed by atoms with Crippen molar-refractivity contribution in [2.45, 2.75) is 26.4 Å². The monoisotopic (exact) mass is 314 g/mol. The van der Waals surface area contributed by atoms with Crippen LogP contribution < -0.4 is 9.47 Å². The van der Waals surface area contributed by atoms with Gasteiger partial charge in [0.05, 0.1) is 23.0 Å². The molecule has 0 fully saturated rings. The molecule has 3 rings (SSSR count). The van der Waals surface area contributed by atoms with E-state index in [-0.39, 0.29) is 5.60 Å². The third-order valence-corrected chi connectivity index (χ3v) is 3.87. The first-order chi connectivity index (χ1) is 10.5. The van der Waals surface area contributed by atoms with Crippen LogP contribution in [0.5, 0.6) is 11.6 Å². The summed E-state index contributed by atoms with van der Waals surface area (Å²) >= 11 is 1.62. The first-order valence-electron chi connectivity index (χ1n) is 7.05. The predicted molar refractivity (Wildman–Crippen MR) is 89.8 cm³/mol. The Morgan fingerprint density at radius 2 is 1.86 bits per heavy atom. The van der Waals surface area contributed by atoms with Crippen LogP contribution in [0.4, 0.5) is 0 Å². The van der Waals surface area contributed by atoms with E-state index in [1.165, 1.54) is 0 Å². The van der Waals surface area contributed by atoms with Gasteiger partial charge < -0.3 is 9.47 Å². The van der Waals surface area contributed by atoms with Crippen molar-refractivity contribution in [1.82, 2.24) is 9.97 Å². The van der Waals surface area contributed by atoms with Gasteiger partial charge in [-0.05, 0) is 44.4 Å². The topological polar surface area (TPSA) is 44.2 Å². The standard InChI is InChI=1S/C17H18N2O2S/c1-17(2,3)21-16-15(14-6-5-9-22-14)18-13-10-11(20-4)7-8-12(13)19-16/h5-10H,1-4H3. The molecule has 5 heteroatoms. The second kappa shape index (κ2) is 5.57. The Balaban J connectivity index is 2.20. The van der Waals surface area contributed by atoms with Crippen molar-refractivity contribution in [1.29, 1.82) is 0 Å². The number of thiophene rings is 1. The highest BCUT2D eigenvalue weighted by Crippen LogP contribution is 2.34. The molecule has 4 nitrogen and oxygen atoms in total. The number of methoxy groups -OCH3 is 1. The molecule has 2 aromatic heterocycles. The second-order valence-electron chi connectivity index (χ2n) is 5.92. The molecule has 0 N–H and O–H groups in total. The lowest BCUT2D eigenvalue weighted by Gasteiger charge is -2.22. The van der Waals surface area contributed by atoms with Crippen LogP contribution in [0.1, 0.15) is 20.8 Å². The lowest BCUT2D eigenvalue weighted by Crippen LogP contribution is -2.24. The van der Waals surface area contributed by atoms with Crippen LogP contribution in [0.3, 0.4) is 0 Å². The van der Waals surface area contributed by atoms with Gasteiger partial charge in [0, 0.05) is 6.07 Å². The number of ether oxygens (including phenoxy) is 2. The number of nitrogens with zero attached hydrogens (tertiary/aromatic N) is 2. The summed E-state index contributed by atoms with van der Waals surface area (Å²) in [5.74, 6) is 1.33. The van der Waals surface area contributed by atoms with Crippen LogP contribution in [0.2, 0.25) is 0 Å². The Hall–Kier alpha value is -2.14. The van der Waals surface area contributed by atoms with Gasteiger partial charge in [-0.15, -0.1) is 11.3 Å². The van der Waals surface area contributed by atoms with Crippen molar-refractivity contribution in [3.8, 4) is 22.2 Å². The van der Waals surface area contributed by atoms with Crippen LogP contribution in [-0.2, 0) is 0 Å². The maximum absolute atomic E-state index is 6.02. The molecule has 1 aromatic carbocycles. The van der Waals surface area contributed by atoms with Gasteiger partial charge >= 0.3 is 0 Å². The van der Waals surface area contributed by atoms with Gasteiger partial charge in [-0.1, -0.05) is 6.07 Å². The Labute approximate surface area is 133 Å². The predicted octanol–water partition coefficient (Wildman–Crippen LogP) is 4.54. The number of hydrogen-bond acceptors (Lipinski definition) is 5. The van der Waals surface area contributed by atoms with Crippen molar-refractivity contribution in [3.05, 3.63) is 35.7 Å². The van der Waals surface area contributed by atoms with Gasteiger partial charge in [0.15, 0.2) is 0 Å². The Morgan fingerprint density at radius 3 is 2.50 bits per heavy atom. The molecule has 114 valence electrons. The lowest BCUT2D eigenvalue weighted by molar-refractivity contribution is 0.125. The molecule has 0 aliphatic carbocycles. The highest BCUT2D eigenvalue weighted by molar-refractivity contribution is 7.13. The minimum Gasteiger partial charge on any atom is -0.497 e. The Bertz CT molecular complexity index is 792. The number of fused-ring (bicyclic) bond motifs is 1. The summed E-state index contributed by atoms with van der Waals surface area (Å²) in [6, 6.07) is 9.69. The minimum absolute atomic E-state index is 0.333. The van der Waals surface area contributed by atoms with E-state index in [2.05, 4.69) is 4.98 Å². The van der Waals surface area contributed by atoms with E-state index in [9.17, 15) is 0 Å². The fraction of sp³-hybridized carbons (Fsp3) is 0.294. The van der Waals surface area contributed by atoms with E-state index in [1.807, 2.05) is 56.5 Å². The smallest absolute Gasteiger partial charge is 0.242 e. The van der Waals surface area contributed by atoms with Crippen molar-refractivity contribution in [2.24, 2.45) is 0 Å². The van der Waals surface area contributed by atoms with Crippen molar-refractivity contribution in [2.75, 3.05) is 7.11 Å². The van der Waals surface area contributed by atoms with Crippen LogP contribution in [0.15, 0.2) is 35.7 Å². The van der Waals surface area contributed by atoms with Gasteiger partial charge in [-0.2, -0.15) is 0 Å². The fourth-order valence-electron chi connectivity index (χ4n) is 2.08. The van der Waals surface area contributed by atoms with Gasteiger partial charge in [0.25, 0.3) is 0 Å². The number of rotatable bonds is 3. The number of benzene rings is 1. The normalized spacial score (nSPS) is 11.6. The molecule has 0 atom stereocenters. The van der Waals surface area contributed by atoms with Gasteiger partial charge in [0.2, 0.25) is 5.88 Å². The molecule has 3 aromatic rings. The van der Waals surface area contributed by atoms with Gasteiger partial charge in [0.1, 0.15) is 17.0 Å². The molecule has 2 heterocycles. The first-order valence-corrected chi connectivity index (χ1v) is 7.93. The first kappa shape index (κ1) is 14.8. The third kappa shape index (κ3) is 3.04. The molecular weight excluding hydrogens is 296 g/mol. The van der Waals surface area contributed by atoms with Crippen LogP contribution in [0, 0.1) is 0 Å². The largest absolute Gasteiger partial charge is 0.497 e. The molecule has 0 amide bonds. The lowest BCUT2D eigenvalue weighted by atomic mass is 10.2. The summed E-state index contributed by atoms with van der Waals surface area (Å²) in [5, 5.41) is 2.02. The number of aromatic nitrogens is 2. The molecule has 0 aliphatic heterocycles. The quantitative estimate of drug-likeness (QED) is 0.711. The third-order valence-electron chi connectivity index (χ3n) is 3.00. The summed E-state index contributed by atoms with van der Waals surface area (Å²) in [4.78, 5) is 10.5. The zero-order valence-corrected chi connectivity index (χ0v) is 13.9. The second-order valence-corrected chi connectivity index (χ2v) is 6.87. The maximum Gasteiger partial charge on any atom is 0.242 e. The summed E-state index contributed by atoms with van der Waals surface area (Å²) in [6.07, 6.45) is 0. The van der Waals surface area contributed by atoms with Crippen LogP contribution in [0.25, 0.3) is 21.6 Å². The molecule has 0 aliphatic rings. The van der Waals surface area contributed by atoms with Crippen LogP contribution in [-0.4, -0.2) is 22.7 Å². The highest BCUT2D eigenvalue weighted by atomic mass is 32.1. The van der Waals surface area contributed by atoms with E-state index in [0.29, 0.717) is 5.88 Å². The van der Waals surface area contributed by atoms with Crippen molar-refractivity contribution < 1.29 is 9.47 Å². The summed E-state index contributed by atoms with van der Waals surface area (Å²) in [6.45, 7) is 6.02. The van der Waals surface area contributed by atoms with Gasteiger partial charge in [-0.25, -0.2) is 9.97 Å². The molecular formula is C17H18N2O2S. The zero-order chi connectivity index (χ0) is 15.7. The molecule has 0 saturated carbocycles. The van der Waals surface area contributed by atoms with E-state index >= 15 is 0 Å². The van der Waals surface area contributed by atoms with Crippen molar-refractivity contribution >= 4 is 22.4 Å². The van der Waals surface area contributed by atoms with E-state index in [1.54, 1.807) is 18.4 Å². The fourth-order valence-corrected chi connectivity index (χ4v) is 2.79. The summed E-state index contributed by atoms with van der Waals surface area (Å²) in [5.41, 5.74) is 2.02. The molecule has 0 spiro atoms. The van der Waals surface area contributed by atoms with E-state index in [0.717, 1.165) is 27.4 Å². The molecule has 22 heavy (non-hydrogen) atoms. The Kier molecular flexibility index (Phi) is 3.74.